The number of amides is 2. The van der Waals surface area contributed by atoms with Crippen LogP contribution in [0.15, 0.2) is 36.5 Å². The Balaban J connectivity index is 1.41. The second kappa shape index (κ2) is 10.1. The molecule has 1 aromatic carbocycles. The van der Waals surface area contributed by atoms with Crippen molar-refractivity contribution in [2.45, 2.75) is 26.2 Å². The summed E-state index contributed by atoms with van der Waals surface area (Å²) in [6, 6.07) is 8.84. The number of hydrogen-bond donors (Lipinski definition) is 2. The summed E-state index contributed by atoms with van der Waals surface area (Å²) < 4.78 is 0. The number of hydrogen-bond acceptors (Lipinski definition) is 4. The Bertz CT molecular complexity index is 845. The predicted octanol–water partition coefficient (Wildman–Crippen LogP) is 4.38. The van der Waals surface area contributed by atoms with Crippen molar-refractivity contribution in [3.8, 4) is 0 Å². The molecule has 1 saturated heterocycles. The number of carbonyl (C=O) groups is 2. The van der Waals surface area contributed by atoms with Crippen molar-refractivity contribution >= 4 is 46.5 Å². The molecule has 8 heteroatoms. The SMILES string of the molecule is Cc1ccc(NC(=O)C2CCN(CCC(=O)Nc3c(Cl)cccc3Cl)CC2)nc1. The number of piperidine rings is 1. The van der Waals surface area contributed by atoms with E-state index in [1.165, 1.54) is 0 Å². The smallest absolute Gasteiger partial charge is 0.228 e. The summed E-state index contributed by atoms with van der Waals surface area (Å²) in [6.45, 7) is 4.14. The molecule has 154 valence electrons. The third-order valence-corrected chi connectivity index (χ3v) is 5.63. The molecular formula is C21H24Cl2N4O2. The zero-order chi connectivity index (χ0) is 20.8. The first-order chi connectivity index (χ1) is 13.9. The van der Waals surface area contributed by atoms with Crippen LogP contribution in [0.1, 0.15) is 24.8 Å². The van der Waals surface area contributed by atoms with Gasteiger partial charge in [0.1, 0.15) is 5.82 Å². The summed E-state index contributed by atoms with van der Waals surface area (Å²) in [5, 5.41) is 6.49. The molecule has 0 radical (unpaired) electrons. The van der Waals surface area contributed by atoms with E-state index in [1.807, 2.05) is 19.1 Å². The molecule has 6 nitrogen and oxygen atoms in total. The number of aromatic nitrogens is 1. The van der Waals surface area contributed by atoms with Crippen LogP contribution in [0.25, 0.3) is 0 Å². The normalized spacial score (nSPS) is 15.1. The first-order valence-corrected chi connectivity index (χ1v) is 10.4. The fourth-order valence-corrected chi connectivity index (χ4v) is 3.76. The largest absolute Gasteiger partial charge is 0.324 e. The number of halogens is 2. The average molecular weight is 435 g/mol. The van der Waals surface area contributed by atoms with E-state index in [-0.39, 0.29) is 17.7 Å². The van der Waals surface area contributed by atoms with Gasteiger partial charge in [0, 0.05) is 25.1 Å². The van der Waals surface area contributed by atoms with Crippen molar-refractivity contribution in [1.82, 2.24) is 9.88 Å². The number of carbonyl (C=O) groups excluding carboxylic acids is 2. The van der Waals surface area contributed by atoms with Gasteiger partial charge in [-0.1, -0.05) is 35.3 Å². The van der Waals surface area contributed by atoms with Gasteiger partial charge in [0.05, 0.1) is 15.7 Å². The van der Waals surface area contributed by atoms with Gasteiger partial charge in [0.2, 0.25) is 11.8 Å². The molecule has 29 heavy (non-hydrogen) atoms. The molecule has 2 aromatic rings. The zero-order valence-corrected chi connectivity index (χ0v) is 17.8. The molecule has 1 fully saturated rings. The molecule has 2 N–H and O–H groups in total. The molecule has 0 unspecified atom stereocenters. The van der Waals surface area contributed by atoms with E-state index in [9.17, 15) is 9.59 Å². The Kier molecular flexibility index (Phi) is 7.47. The fraction of sp³-hybridized carbons (Fsp3) is 0.381. The van der Waals surface area contributed by atoms with Crippen molar-refractivity contribution in [3.05, 3.63) is 52.1 Å². The first kappa shape index (κ1) is 21.6. The Morgan fingerprint density at radius 2 is 1.79 bits per heavy atom. The minimum atomic E-state index is -0.134. The van der Waals surface area contributed by atoms with E-state index in [0.717, 1.165) is 31.5 Å². The Morgan fingerprint density at radius 3 is 2.41 bits per heavy atom. The molecular weight excluding hydrogens is 411 g/mol. The van der Waals surface area contributed by atoms with E-state index >= 15 is 0 Å². The Morgan fingerprint density at radius 1 is 1.10 bits per heavy atom. The van der Waals surface area contributed by atoms with Crippen LogP contribution in [-0.4, -0.2) is 41.3 Å². The maximum atomic E-state index is 12.4. The second-order valence-electron chi connectivity index (χ2n) is 7.22. The van der Waals surface area contributed by atoms with E-state index < -0.39 is 0 Å². The summed E-state index contributed by atoms with van der Waals surface area (Å²) >= 11 is 12.2. The molecule has 2 amide bonds. The van der Waals surface area contributed by atoms with Crippen LogP contribution in [0, 0.1) is 12.8 Å². The van der Waals surface area contributed by atoms with Gasteiger partial charge >= 0.3 is 0 Å². The third kappa shape index (κ3) is 6.16. The van der Waals surface area contributed by atoms with Gasteiger partial charge < -0.3 is 15.5 Å². The number of likely N-dealkylation sites (tertiary alicyclic amines) is 1. The van der Waals surface area contributed by atoms with Crippen molar-refractivity contribution < 1.29 is 9.59 Å². The van der Waals surface area contributed by atoms with Crippen LogP contribution in [0.3, 0.4) is 0 Å². The van der Waals surface area contributed by atoms with Gasteiger partial charge in [-0.15, -0.1) is 0 Å². The topological polar surface area (TPSA) is 74.3 Å². The second-order valence-corrected chi connectivity index (χ2v) is 8.04. The van der Waals surface area contributed by atoms with E-state index in [2.05, 4.69) is 20.5 Å². The number of aryl methyl sites for hydroxylation is 1. The molecule has 1 aromatic heterocycles. The molecule has 0 saturated carbocycles. The Labute approximate surface area is 180 Å². The fourth-order valence-electron chi connectivity index (χ4n) is 3.27. The van der Waals surface area contributed by atoms with E-state index in [4.69, 9.17) is 23.2 Å². The molecule has 1 aliphatic rings. The molecule has 3 rings (SSSR count). The van der Waals surface area contributed by atoms with E-state index in [0.29, 0.717) is 34.5 Å². The highest BCUT2D eigenvalue weighted by atomic mass is 35.5. The summed E-state index contributed by atoms with van der Waals surface area (Å²) in [4.78, 5) is 31.1. The predicted molar refractivity (Wildman–Crippen MR) is 116 cm³/mol. The Hall–Kier alpha value is -2.15. The lowest BCUT2D eigenvalue weighted by Crippen LogP contribution is -2.39. The first-order valence-electron chi connectivity index (χ1n) is 9.62. The van der Waals surface area contributed by atoms with Crippen LogP contribution in [0.5, 0.6) is 0 Å². The number of rotatable bonds is 6. The van der Waals surface area contributed by atoms with Crippen molar-refractivity contribution in [3.63, 3.8) is 0 Å². The van der Waals surface area contributed by atoms with Gasteiger partial charge in [-0.2, -0.15) is 0 Å². The molecule has 0 atom stereocenters. The van der Waals surface area contributed by atoms with Gasteiger partial charge in [0.25, 0.3) is 0 Å². The van der Waals surface area contributed by atoms with Crippen LogP contribution in [0.2, 0.25) is 10.0 Å². The van der Waals surface area contributed by atoms with Crippen LogP contribution >= 0.6 is 23.2 Å². The van der Waals surface area contributed by atoms with Gasteiger partial charge in [-0.05, 0) is 56.6 Å². The van der Waals surface area contributed by atoms with Crippen LogP contribution < -0.4 is 10.6 Å². The average Bonchev–Trinajstić information content (AvgIpc) is 2.71. The summed E-state index contributed by atoms with van der Waals surface area (Å²) in [5.74, 6) is 0.417. The lowest BCUT2D eigenvalue weighted by atomic mass is 9.96. The van der Waals surface area contributed by atoms with Crippen molar-refractivity contribution in [2.75, 3.05) is 30.3 Å². The standard InChI is InChI=1S/C21H24Cl2N4O2/c1-14-5-6-18(24-13-14)25-21(29)15-7-10-27(11-8-15)12-9-19(28)26-20-16(22)3-2-4-17(20)23/h2-6,13,15H,7-12H2,1H3,(H,26,28)(H,24,25,29). The number of anilines is 2. The maximum absolute atomic E-state index is 12.4. The summed E-state index contributed by atoms with van der Waals surface area (Å²) in [5.41, 5.74) is 1.50. The van der Waals surface area contributed by atoms with E-state index in [1.54, 1.807) is 24.4 Å². The van der Waals surface area contributed by atoms with Crippen LogP contribution in [-0.2, 0) is 9.59 Å². The highest BCUT2D eigenvalue weighted by Gasteiger charge is 2.25. The lowest BCUT2D eigenvalue weighted by Gasteiger charge is -2.31. The number of nitrogens with zero attached hydrogens (tertiary/aromatic N) is 2. The molecule has 1 aliphatic heterocycles. The van der Waals surface area contributed by atoms with Gasteiger partial charge in [0.15, 0.2) is 0 Å². The molecule has 0 spiro atoms. The number of para-hydroxylation sites is 1. The summed E-state index contributed by atoms with van der Waals surface area (Å²) in [6.07, 6.45) is 3.59. The molecule has 2 heterocycles. The highest BCUT2D eigenvalue weighted by molar-refractivity contribution is 6.39. The molecule has 0 bridgehead atoms. The van der Waals surface area contributed by atoms with Crippen LogP contribution in [0.4, 0.5) is 11.5 Å². The maximum Gasteiger partial charge on any atom is 0.228 e. The third-order valence-electron chi connectivity index (χ3n) is 5.00. The lowest BCUT2D eigenvalue weighted by molar-refractivity contribution is -0.121. The quantitative estimate of drug-likeness (QED) is 0.707. The minimum absolute atomic E-state index is 0.00658. The van der Waals surface area contributed by atoms with Crippen molar-refractivity contribution in [2.24, 2.45) is 5.92 Å². The zero-order valence-electron chi connectivity index (χ0n) is 16.3. The highest BCUT2D eigenvalue weighted by Crippen LogP contribution is 2.30. The number of nitrogens with one attached hydrogen (secondary N) is 2. The molecule has 0 aliphatic carbocycles. The summed E-state index contributed by atoms with van der Waals surface area (Å²) in [7, 11) is 0. The van der Waals surface area contributed by atoms with Gasteiger partial charge in [-0.25, -0.2) is 4.98 Å². The number of benzene rings is 1. The van der Waals surface area contributed by atoms with Gasteiger partial charge in [-0.3, -0.25) is 9.59 Å². The number of pyridine rings is 1. The van der Waals surface area contributed by atoms with Crippen molar-refractivity contribution in [1.29, 1.82) is 0 Å². The minimum Gasteiger partial charge on any atom is -0.324 e. The monoisotopic (exact) mass is 434 g/mol.